The molecule has 1 N–H and O–H groups in total. The molecule has 3 aromatic rings. The van der Waals surface area contributed by atoms with E-state index in [0.717, 1.165) is 4.47 Å². The predicted molar refractivity (Wildman–Crippen MR) is 91.8 cm³/mol. The molecule has 2 aromatic carbocycles. The Hall–Kier alpha value is -2.60. The number of rotatable bonds is 4. The number of anilines is 1. The first kappa shape index (κ1) is 15.3. The van der Waals surface area contributed by atoms with Crippen LogP contribution in [-0.2, 0) is 7.05 Å². The maximum atomic E-state index is 12.5. The van der Waals surface area contributed by atoms with Crippen LogP contribution in [0.25, 0.3) is 0 Å². The molecule has 0 unspecified atom stereocenters. The number of aromatic nitrogens is 2. The van der Waals surface area contributed by atoms with Crippen molar-refractivity contribution in [2.45, 2.75) is 0 Å². The lowest BCUT2D eigenvalue weighted by molar-refractivity contribution is 0.102. The van der Waals surface area contributed by atoms with Gasteiger partial charge in [0.05, 0.1) is 5.56 Å². The van der Waals surface area contributed by atoms with E-state index in [9.17, 15) is 4.79 Å². The van der Waals surface area contributed by atoms with Crippen LogP contribution in [0.5, 0.6) is 11.5 Å². The number of aryl methyl sites for hydroxylation is 1. The van der Waals surface area contributed by atoms with E-state index in [1.165, 1.54) is 0 Å². The molecule has 1 aromatic heterocycles. The average Bonchev–Trinajstić information content (AvgIpc) is 2.93. The quantitative estimate of drug-likeness (QED) is 0.746. The lowest BCUT2D eigenvalue weighted by Crippen LogP contribution is -2.13. The van der Waals surface area contributed by atoms with Crippen molar-refractivity contribution in [1.29, 1.82) is 0 Å². The van der Waals surface area contributed by atoms with Gasteiger partial charge in [0.1, 0.15) is 11.5 Å². The fourth-order valence-corrected chi connectivity index (χ4v) is 2.44. The van der Waals surface area contributed by atoms with Crippen LogP contribution in [0.3, 0.4) is 0 Å². The third-order valence-electron chi connectivity index (χ3n) is 3.11. The summed E-state index contributed by atoms with van der Waals surface area (Å²) in [5.41, 5.74) is 0.443. The molecule has 0 atom stereocenters. The highest BCUT2D eigenvalue weighted by Crippen LogP contribution is 2.27. The van der Waals surface area contributed by atoms with Gasteiger partial charge in [-0.25, -0.2) is 0 Å². The largest absolute Gasteiger partial charge is 0.456 e. The Morgan fingerprint density at radius 1 is 1.17 bits per heavy atom. The molecule has 0 aliphatic heterocycles. The Kier molecular flexibility index (Phi) is 4.43. The number of ether oxygens (including phenoxy) is 1. The summed E-state index contributed by atoms with van der Waals surface area (Å²) in [6.07, 6.45) is 1.76. The molecule has 0 spiro atoms. The molecule has 23 heavy (non-hydrogen) atoms. The summed E-state index contributed by atoms with van der Waals surface area (Å²) in [7, 11) is 1.79. The van der Waals surface area contributed by atoms with Gasteiger partial charge in [0.2, 0.25) is 0 Å². The third kappa shape index (κ3) is 3.78. The van der Waals surface area contributed by atoms with Crippen LogP contribution >= 0.6 is 15.9 Å². The molecule has 5 nitrogen and oxygen atoms in total. The van der Waals surface area contributed by atoms with Crippen LogP contribution < -0.4 is 10.1 Å². The fourth-order valence-electron chi connectivity index (χ4n) is 2.07. The lowest BCUT2D eigenvalue weighted by atomic mass is 10.2. The summed E-state index contributed by atoms with van der Waals surface area (Å²) in [6, 6.07) is 16.3. The molecule has 0 saturated carbocycles. The summed E-state index contributed by atoms with van der Waals surface area (Å²) >= 11 is 3.40. The van der Waals surface area contributed by atoms with Gasteiger partial charge in [0.15, 0.2) is 5.82 Å². The number of carbonyl (C=O) groups excluding carboxylic acids is 1. The zero-order chi connectivity index (χ0) is 16.2. The van der Waals surface area contributed by atoms with E-state index in [0.29, 0.717) is 22.9 Å². The Morgan fingerprint density at radius 3 is 2.74 bits per heavy atom. The first-order valence-corrected chi connectivity index (χ1v) is 7.74. The van der Waals surface area contributed by atoms with Crippen molar-refractivity contribution in [2.24, 2.45) is 7.05 Å². The highest BCUT2D eigenvalue weighted by atomic mass is 79.9. The maximum absolute atomic E-state index is 12.5. The van der Waals surface area contributed by atoms with Crippen LogP contribution in [0.15, 0.2) is 65.3 Å². The first-order chi connectivity index (χ1) is 11.1. The molecular formula is C17H14BrN3O2. The van der Waals surface area contributed by atoms with Crippen molar-refractivity contribution in [3.05, 3.63) is 70.8 Å². The van der Waals surface area contributed by atoms with Gasteiger partial charge in [0, 0.05) is 23.8 Å². The Morgan fingerprint density at radius 2 is 2.00 bits per heavy atom. The third-order valence-corrected chi connectivity index (χ3v) is 3.60. The van der Waals surface area contributed by atoms with Crippen molar-refractivity contribution >= 4 is 27.7 Å². The number of nitrogens with zero attached hydrogens (tertiary/aromatic N) is 2. The SMILES string of the molecule is Cn1ccc(NC(=O)c2ccccc2Oc2cccc(Br)c2)n1. The molecule has 0 saturated heterocycles. The molecule has 3 rings (SSSR count). The number of carbonyl (C=O) groups is 1. The normalized spacial score (nSPS) is 10.3. The summed E-state index contributed by atoms with van der Waals surface area (Å²) < 4.78 is 8.37. The Bertz CT molecular complexity index is 845. The van der Waals surface area contributed by atoms with Crippen molar-refractivity contribution in [3.63, 3.8) is 0 Å². The van der Waals surface area contributed by atoms with Crippen molar-refractivity contribution in [2.75, 3.05) is 5.32 Å². The van der Waals surface area contributed by atoms with Gasteiger partial charge in [-0.2, -0.15) is 5.10 Å². The molecule has 0 aliphatic rings. The van der Waals surface area contributed by atoms with Crippen LogP contribution in [-0.4, -0.2) is 15.7 Å². The van der Waals surface area contributed by atoms with Gasteiger partial charge in [-0.1, -0.05) is 34.1 Å². The highest BCUT2D eigenvalue weighted by Gasteiger charge is 2.14. The number of amides is 1. The van der Waals surface area contributed by atoms with E-state index in [1.807, 2.05) is 30.3 Å². The minimum atomic E-state index is -0.269. The standard InChI is InChI=1S/C17H14BrN3O2/c1-21-10-9-16(20-21)19-17(22)14-7-2-3-8-15(14)23-13-6-4-5-12(18)11-13/h2-11H,1H3,(H,19,20,22). The highest BCUT2D eigenvalue weighted by molar-refractivity contribution is 9.10. The molecule has 1 heterocycles. The number of para-hydroxylation sites is 1. The number of nitrogens with one attached hydrogen (secondary N) is 1. The second kappa shape index (κ2) is 6.66. The monoisotopic (exact) mass is 371 g/mol. The van der Waals surface area contributed by atoms with E-state index >= 15 is 0 Å². The average molecular weight is 372 g/mol. The van der Waals surface area contributed by atoms with Crippen molar-refractivity contribution < 1.29 is 9.53 Å². The minimum absolute atomic E-state index is 0.269. The van der Waals surface area contributed by atoms with Gasteiger partial charge in [0.25, 0.3) is 5.91 Å². The van der Waals surface area contributed by atoms with Crippen LogP contribution in [0.2, 0.25) is 0 Å². The Balaban J connectivity index is 1.84. The topological polar surface area (TPSA) is 56.2 Å². The summed E-state index contributed by atoms with van der Waals surface area (Å²) in [4.78, 5) is 12.5. The van der Waals surface area contributed by atoms with E-state index < -0.39 is 0 Å². The van der Waals surface area contributed by atoms with Gasteiger partial charge < -0.3 is 10.1 Å². The summed E-state index contributed by atoms with van der Waals surface area (Å²) in [5.74, 6) is 1.36. The minimum Gasteiger partial charge on any atom is -0.456 e. The van der Waals surface area contributed by atoms with Crippen LogP contribution in [0, 0.1) is 0 Å². The zero-order valence-corrected chi connectivity index (χ0v) is 13.9. The number of halogens is 1. The molecular weight excluding hydrogens is 358 g/mol. The van der Waals surface area contributed by atoms with Crippen LogP contribution in [0.1, 0.15) is 10.4 Å². The van der Waals surface area contributed by atoms with Gasteiger partial charge in [-0.05, 0) is 30.3 Å². The smallest absolute Gasteiger partial charge is 0.260 e. The molecule has 116 valence electrons. The number of hydrogen-bond donors (Lipinski definition) is 1. The maximum Gasteiger partial charge on any atom is 0.260 e. The number of benzene rings is 2. The predicted octanol–water partition coefficient (Wildman–Crippen LogP) is 4.23. The van der Waals surface area contributed by atoms with E-state index in [1.54, 1.807) is 42.2 Å². The molecule has 1 amide bonds. The fraction of sp³-hybridized carbons (Fsp3) is 0.0588. The van der Waals surface area contributed by atoms with Crippen LogP contribution in [0.4, 0.5) is 5.82 Å². The van der Waals surface area contributed by atoms with E-state index in [-0.39, 0.29) is 5.91 Å². The summed E-state index contributed by atoms with van der Waals surface area (Å²) in [5, 5.41) is 6.90. The van der Waals surface area contributed by atoms with E-state index in [2.05, 4.69) is 26.3 Å². The molecule has 6 heteroatoms. The number of hydrogen-bond acceptors (Lipinski definition) is 3. The molecule has 0 aliphatic carbocycles. The second-order valence-corrected chi connectivity index (χ2v) is 5.80. The van der Waals surface area contributed by atoms with Crippen molar-refractivity contribution in [3.8, 4) is 11.5 Å². The molecule has 0 bridgehead atoms. The summed E-state index contributed by atoms with van der Waals surface area (Å²) in [6.45, 7) is 0. The van der Waals surface area contributed by atoms with Gasteiger partial charge >= 0.3 is 0 Å². The lowest BCUT2D eigenvalue weighted by Gasteiger charge is -2.11. The zero-order valence-electron chi connectivity index (χ0n) is 12.4. The van der Waals surface area contributed by atoms with Crippen molar-refractivity contribution in [1.82, 2.24) is 9.78 Å². The van der Waals surface area contributed by atoms with E-state index in [4.69, 9.17) is 4.74 Å². The molecule has 0 fully saturated rings. The Labute approximate surface area is 142 Å². The van der Waals surface area contributed by atoms with Gasteiger partial charge in [-0.15, -0.1) is 0 Å². The second-order valence-electron chi connectivity index (χ2n) is 4.88. The molecule has 0 radical (unpaired) electrons. The van der Waals surface area contributed by atoms with Gasteiger partial charge in [-0.3, -0.25) is 9.48 Å². The first-order valence-electron chi connectivity index (χ1n) is 6.95.